The normalized spacial score (nSPS) is 14.9. The standard InChI is InChI=1S/C20H20N4O2S/c1-10-14-11(2)22-18(13-8-9-13)24-20(14)27-16(10)19(26)23-15(17(21)25)12-6-4-3-5-7-12/h3-7,13,15H,8-9H2,1-2H3,(H2,21,25)(H,23,26). The van der Waals surface area contributed by atoms with Crippen LogP contribution in [0.15, 0.2) is 30.3 Å². The lowest BCUT2D eigenvalue weighted by atomic mass is 10.1. The molecule has 0 spiro atoms. The molecule has 27 heavy (non-hydrogen) atoms. The van der Waals surface area contributed by atoms with Gasteiger partial charge in [0.05, 0.1) is 10.6 Å². The third kappa shape index (κ3) is 3.30. The number of nitrogens with zero attached hydrogens (tertiary/aromatic N) is 2. The molecule has 1 aromatic carbocycles. The molecule has 0 bridgehead atoms. The highest BCUT2D eigenvalue weighted by Crippen LogP contribution is 2.40. The van der Waals surface area contributed by atoms with Crippen molar-refractivity contribution in [3.8, 4) is 0 Å². The molecule has 0 saturated heterocycles. The van der Waals surface area contributed by atoms with Crippen LogP contribution in [0.5, 0.6) is 0 Å². The van der Waals surface area contributed by atoms with Crippen molar-refractivity contribution in [1.29, 1.82) is 0 Å². The smallest absolute Gasteiger partial charge is 0.262 e. The Hall–Kier alpha value is -2.80. The van der Waals surface area contributed by atoms with Crippen molar-refractivity contribution in [3.05, 3.63) is 57.9 Å². The first kappa shape index (κ1) is 17.6. The van der Waals surface area contributed by atoms with Crippen LogP contribution in [0.4, 0.5) is 0 Å². The SMILES string of the molecule is Cc1nc(C2CC2)nc2sc(C(=O)NC(C(N)=O)c3ccccc3)c(C)c12. The number of fused-ring (bicyclic) bond motifs is 1. The molecular weight excluding hydrogens is 360 g/mol. The van der Waals surface area contributed by atoms with Crippen molar-refractivity contribution >= 4 is 33.4 Å². The van der Waals surface area contributed by atoms with Crippen molar-refractivity contribution in [2.75, 3.05) is 0 Å². The lowest BCUT2D eigenvalue weighted by Gasteiger charge is -2.15. The fourth-order valence-corrected chi connectivity index (χ4v) is 4.40. The van der Waals surface area contributed by atoms with Gasteiger partial charge in [0.25, 0.3) is 5.91 Å². The summed E-state index contributed by atoms with van der Waals surface area (Å²) in [5.41, 5.74) is 7.91. The molecule has 2 aromatic heterocycles. The first-order valence-corrected chi connectivity index (χ1v) is 9.70. The van der Waals surface area contributed by atoms with Gasteiger partial charge in [0.2, 0.25) is 5.91 Å². The van der Waals surface area contributed by atoms with Gasteiger partial charge in [-0.15, -0.1) is 11.3 Å². The van der Waals surface area contributed by atoms with E-state index in [1.165, 1.54) is 11.3 Å². The quantitative estimate of drug-likeness (QED) is 0.710. The number of nitrogens with one attached hydrogen (secondary N) is 1. The molecule has 4 rings (SSSR count). The molecule has 3 aromatic rings. The van der Waals surface area contributed by atoms with Gasteiger partial charge in [-0.2, -0.15) is 0 Å². The molecule has 6 nitrogen and oxygen atoms in total. The van der Waals surface area contributed by atoms with E-state index in [4.69, 9.17) is 5.73 Å². The molecule has 7 heteroatoms. The van der Waals surface area contributed by atoms with E-state index in [0.29, 0.717) is 16.4 Å². The van der Waals surface area contributed by atoms with Crippen molar-refractivity contribution in [2.45, 2.75) is 38.6 Å². The van der Waals surface area contributed by atoms with E-state index in [1.54, 1.807) is 24.3 Å². The van der Waals surface area contributed by atoms with Gasteiger partial charge in [0.15, 0.2) is 0 Å². The fourth-order valence-electron chi connectivity index (χ4n) is 3.26. The predicted octanol–water partition coefficient (Wildman–Crippen LogP) is 3.14. The molecular formula is C20H20N4O2S. The summed E-state index contributed by atoms with van der Waals surface area (Å²) >= 11 is 1.34. The molecule has 0 radical (unpaired) electrons. The molecule has 1 saturated carbocycles. The minimum atomic E-state index is -0.877. The van der Waals surface area contributed by atoms with Crippen molar-refractivity contribution in [1.82, 2.24) is 15.3 Å². The zero-order valence-electron chi connectivity index (χ0n) is 15.2. The highest BCUT2D eigenvalue weighted by Gasteiger charge is 2.29. The predicted molar refractivity (Wildman–Crippen MR) is 105 cm³/mol. The molecule has 1 fully saturated rings. The van der Waals surface area contributed by atoms with Gasteiger partial charge in [-0.3, -0.25) is 9.59 Å². The van der Waals surface area contributed by atoms with Crippen LogP contribution >= 0.6 is 11.3 Å². The second-order valence-corrected chi connectivity index (χ2v) is 7.90. The summed E-state index contributed by atoms with van der Waals surface area (Å²) in [4.78, 5) is 35.5. The van der Waals surface area contributed by atoms with Gasteiger partial charge in [-0.05, 0) is 37.8 Å². The van der Waals surface area contributed by atoms with Crippen molar-refractivity contribution in [2.24, 2.45) is 5.73 Å². The summed E-state index contributed by atoms with van der Waals surface area (Å²) in [5, 5.41) is 3.69. The molecule has 0 aliphatic heterocycles. The fraction of sp³-hybridized carbons (Fsp3) is 0.300. The summed E-state index contributed by atoms with van der Waals surface area (Å²) in [6.45, 7) is 3.84. The lowest BCUT2D eigenvalue weighted by molar-refractivity contribution is -0.120. The zero-order chi connectivity index (χ0) is 19.1. The molecule has 1 aliphatic rings. The maximum absolute atomic E-state index is 12.9. The number of hydrogen-bond acceptors (Lipinski definition) is 5. The first-order chi connectivity index (χ1) is 13.0. The Morgan fingerprint density at radius 3 is 2.52 bits per heavy atom. The Bertz CT molecular complexity index is 1040. The number of nitrogens with two attached hydrogens (primary N) is 1. The van der Waals surface area contributed by atoms with Gasteiger partial charge >= 0.3 is 0 Å². The number of thiophene rings is 1. The third-order valence-corrected chi connectivity index (χ3v) is 6.01. The van der Waals surface area contributed by atoms with Crippen LogP contribution in [0.1, 0.15) is 57.1 Å². The van der Waals surface area contributed by atoms with Crippen LogP contribution in [-0.4, -0.2) is 21.8 Å². The second-order valence-electron chi connectivity index (χ2n) is 6.90. The number of rotatable bonds is 5. The summed E-state index contributed by atoms with van der Waals surface area (Å²) in [6, 6.07) is 8.12. The van der Waals surface area contributed by atoms with E-state index in [1.807, 2.05) is 19.9 Å². The monoisotopic (exact) mass is 380 g/mol. The van der Waals surface area contributed by atoms with Gasteiger partial charge in [-0.25, -0.2) is 9.97 Å². The molecule has 1 aliphatic carbocycles. The minimum absolute atomic E-state index is 0.324. The van der Waals surface area contributed by atoms with E-state index in [9.17, 15) is 9.59 Å². The Balaban J connectivity index is 1.68. The first-order valence-electron chi connectivity index (χ1n) is 8.88. The van der Waals surface area contributed by atoms with E-state index < -0.39 is 11.9 Å². The van der Waals surface area contributed by atoms with E-state index in [0.717, 1.165) is 40.1 Å². The lowest BCUT2D eigenvalue weighted by Crippen LogP contribution is -2.37. The van der Waals surface area contributed by atoms with E-state index >= 15 is 0 Å². The van der Waals surface area contributed by atoms with E-state index in [-0.39, 0.29) is 5.91 Å². The molecule has 1 unspecified atom stereocenters. The Morgan fingerprint density at radius 1 is 1.19 bits per heavy atom. The van der Waals surface area contributed by atoms with Crippen molar-refractivity contribution in [3.63, 3.8) is 0 Å². The van der Waals surface area contributed by atoms with Crippen LogP contribution in [0.25, 0.3) is 10.2 Å². The Labute approximate surface area is 160 Å². The van der Waals surface area contributed by atoms with Gasteiger partial charge in [-0.1, -0.05) is 30.3 Å². The van der Waals surface area contributed by atoms with Crippen LogP contribution < -0.4 is 11.1 Å². The van der Waals surface area contributed by atoms with Gasteiger partial charge in [0.1, 0.15) is 16.7 Å². The number of hydrogen-bond donors (Lipinski definition) is 2. The molecule has 138 valence electrons. The summed E-state index contributed by atoms with van der Waals surface area (Å²) in [5.74, 6) is 0.397. The highest BCUT2D eigenvalue weighted by molar-refractivity contribution is 7.20. The molecule has 2 amide bonds. The Morgan fingerprint density at radius 2 is 1.89 bits per heavy atom. The van der Waals surface area contributed by atoms with Crippen molar-refractivity contribution < 1.29 is 9.59 Å². The van der Waals surface area contributed by atoms with Crippen LogP contribution in [0.3, 0.4) is 0 Å². The van der Waals surface area contributed by atoms with Crippen LogP contribution in [0, 0.1) is 13.8 Å². The third-order valence-electron chi connectivity index (χ3n) is 4.83. The number of aryl methyl sites for hydroxylation is 2. The number of carbonyl (C=O) groups is 2. The highest BCUT2D eigenvalue weighted by atomic mass is 32.1. The topological polar surface area (TPSA) is 98.0 Å². The minimum Gasteiger partial charge on any atom is -0.368 e. The Kier molecular flexibility index (Phi) is 4.39. The zero-order valence-corrected chi connectivity index (χ0v) is 16.0. The average Bonchev–Trinajstić information content (AvgIpc) is 3.44. The second kappa shape index (κ2) is 6.74. The summed E-state index contributed by atoms with van der Waals surface area (Å²) < 4.78 is 0. The number of benzene rings is 1. The molecule has 1 atom stereocenters. The average molecular weight is 380 g/mol. The maximum Gasteiger partial charge on any atom is 0.262 e. The number of amides is 2. The number of carbonyl (C=O) groups excluding carboxylic acids is 2. The van der Waals surface area contributed by atoms with Crippen LogP contribution in [0.2, 0.25) is 0 Å². The van der Waals surface area contributed by atoms with Gasteiger partial charge < -0.3 is 11.1 Å². The summed E-state index contributed by atoms with van der Waals surface area (Å²) in [7, 11) is 0. The molecule has 2 heterocycles. The van der Waals surface area contributed by atoms with Gasteiger partial charge in [0, 0.05) is 11.3 Å². The number of primary amides is 1. The maximum atomic E-state index is 12.9. The van der Waals surface area contributed by atoms with Crippen LogP contribution in [-0.2, 0) is 4.79 Å². The summed E-state index contributed by atoms with van der Waals surface area (Å²) in [6.07, 6.45) is 2.25. The number of aromatic nitrogens is 2. The molecule has 3 N–H and O–H groups in total. The largest absolute Gasteiger partial charge is 0.368 e. The van der Waals surface area contributed by atoms with E-state index in [2.05, 4.69) is 15.3 Å².